The predicted molar refractivity (Wildman–Crippen MR) is 115 cm³/mol. The van der Waals surface area contributed by atoms with Crippen molar-refractivity contribution in [2.45, 2.75) is 63.5 Å². The zero-order valence-corrected chi connectivity index (χ0v) is 17.7. The van der Waals surface area contributed by atoms with Gasteiger partial charge in [-0.25, -0.2) is 0 Å². The summed E-state index contributed by atoms with van der Waals surface area (Å²) >= 11 is 6.46. The minimum Gasteiger partial charge on any atom is -0.385 e. The second-order valence-electron chi connectivity index (χ2n) is 8.74. The number of fused-ring (bicyclic) bond motifs is 1. The van der Waals surface area contributed by atoms with Crippen molar-refractivity contribution < 1.29 is 14.6 Å². The van der Waals surface area contributed by atoms with Crippen LogP contribution in [0.15, 0.2) is 24.4 Å². The molecule has 2 heterocycles. The van der Waals surface area contributed by atoms with Crippen molar-refractivity contribution in [1.29, 1.82) is 0 Å². The van der Waals surface area contributed by atoms with Gasteiger partial charge < -0.3 is 19.7 Å². The van der Waals surface area contributed by atoms with Crippen LogP contribution in [0.25, 0.3) is 10.9 Å². The topological polar surface area (TPSA) is 63.5 Å². The quantitative estimate of drug-likeness (QED) is 0.649. The molecule has 1 aliphatic heterocycles. The Balaban J connectivity index is 1.44. The molecule has 1 saturated carbocycles. The highest BCUT2D eigenvalue weighted by atomic mass is 35.5. The van der Waals surface area contributed by atoms with Gasteiger partial charge in [-0.3, -0.25) is 4.79 Å². The van der Waals surface area contributed by atoms with E-state index in [4.69, 9.17) is 16.3 Å². The normalized spacial score (nSPS) is 19.7. The number of aryl methyl sites for hydroxylation is 1. The number of amides is 1. The molecule has 158 valence electrons. The minimum absolute atomic E-state index is 0.0684. The molecule has 5 nitrogen and oxygen atoms in total. The molecule has 2 N–H and O–H groups in total. The first-order valence-corrected chi connectivity index (χ1v) is 11.3. The minimum atomic E-state index is -0.754. The van der Waals surface area contributed by atoms with Gasteiger partial charge in [0.25, 0.3) is 5.91 Å². The Morgan fingerprint density at radius 3 is 2.69 bits per heavy atom. The number of halogens is 1. The second kappa shape index (κ2) is 9.07. The van der Waals surface area contributed by atoms with Crippen LogP contribution in [0.1, 0.15) is 61.7 Å². The molecule has 2 aliphatic rings. The van der Waals surface area contributed by atoms with Gasteiger partial charge in [0.05, 0.1) is 29.3 Å². The van der Waals surface area contributed by atoms with E-state index in [0.717, 1.165) is 23.2 Å². The van der Waals surface area contributed by atoms with Gasteiger partial charge in [-0.2, -0.15) is 0 Å². The molecule has 4 rings (SSSR count). The number of carbonyl (C=O) groups excluding carboxylic acids is 1. The SMILES string of the molecule is O=C(NCCC1CCCCCC1)c1cn(CCC2(O)COC2)c2cccc(Cl)c12. The molecular weight excluding hydrogens is 388 g/mol. The molecule has 29 heavy (non-hydrogen) atoms. The van der Waals surface area contributed by atoms with Crippen LogP contribution < -0.4 is 5.32 Å². The van der Waals surface area contributed by atoms with E-state index in [-0.39, 0.29) is 5.91 Å². The standard InChI is InChI=1S/C23H31ClN2O3/c24-19-8-5-9-20-21(19)18(14-26(20)13-11-23(28)15-29-16-23)22(27)25-12-10-17-6-3-1-2-4-7-17/h5,8-9,14,17,28H,1-4,6-7,10-13,15-16H2,(H,25,27). The Kier molecular flexibility index (Phi) is 6.47. The molecule has 1 aliphatic carbocycles. The Morgan fingerprint density at radius 1 is 1.24 bits per heavy atom. The van der Waals surface area contributed by atoms with Gasteiger partial charge in [0.15, 0.2) is 0 Å². The fourth-order valence-corrected chi connectivity index (χ4v) is 4.89. The van der Waals surface area contributed by atoms with Crippen molar-refractivity contribution in [3.8, 4) is 0 Å². The maximum absolute atomic E-state index is 12.9. The third-order valence-corrected chi connectivity index (χ3v) is 6.79. The number of benzene rings is 1. The van der Waals surface area contributed by atoms with Crippen LogP contribution in [0.3, 0.4) is 0 Å². The fourth-order valence-electron chi connectivity index (χ4n) is 4.61. The highest BCUT2D eigenvalue weighted by Gasteiger charge is 2.35. The number of ether oxygens (including phenoxy) is 1. The molecule has 2 aromatic rings. The molecule has 0 bridgehead atoms. The van der Waals surface area contributed by atoms with E-state index < -0.39 is 5.60 Å². The highest BCUT2D eigenvalue weighted by molar-refractivity contribution is 6.36. The summed E-state index contributed by atoms with van der Waals surface area (Å²) in [6.07, 6.45) is 11.4. The van der Waals surface area contributed by atoms with Crippen molar-refractivity contribution in [3.63, 3.8) is 0 Å². The maximum atomic E-state index is 12.9. The van der Waals surface area contributed by atoms with Crippen molar-refractivity contribution in [1.82, 2.24) is 9.88 Å². The first-order chi connectivity index (χ1) is 14.1. The van der Waals surface area contributed by atoms with Crippen molar-refractivity contribution in [3.05, 3.63) is 35.0 Å². The summed E-state index contributed by atoms with van der Waals surface area (Å²) in [5.74, 6) is 0.661. The average Bonchev–Trinajstić information content (AvgIpc) is 2.87. The average molecular weight is 419 g/mol. The van der Waals surface area contributed by atoms with Crippen molar-refractivity contribution in [2.24, 2.45) is 5.92 Å². The lowest BCUT2D eigenvalue weighted by molar-refractivity contribution is -0.182. The van der Waals surface area contributed by atoms with Crippen LogP contribution >= 0.6 is 11.6 Å². The molecule has 0 radical (unpaired) electrons. The Morgan fingerprint density at radius 2 is 2.00 bits per heavy atom. The lowest BCUT2D eigenvalue weighted by Crippen LogP contribution is -2.50. The number of nitrogens with one attached hydrogen (secondary N) is 1. The van der Waals surface area contributed by atoms with Gasteiger partial charge in [0, 0.05) is 24.7 Å². The Labute approximate surface area is 177 Å². The number of nitrogens with zero attached hydrogens (tertiary/aromatic N) is 1. The summed E-state index contributed by atoms with van der Waals surface area (Å²) in [6, 6.07) is 5.70. The zero-order chi connectivity index (χ0) is 20.3. The third-order valence-electron chi connectivity index (χ3n) is 6.47. The van der Waals surface area contributed by atoms with Crippen LogP contribution in [-0.2, 0) is 11.3 Å². The predicted octanol–water partition coefficient (Wildman–Crippen LogP) is 4.54. The van der Waals surface area contributed by atoms with E-state index in [2.05, 4.69) is 5.32 Å². The van der Waals surface area contributed by atoms with E-state index in [1.807, 2.05) is 29.0 Å². The van der Waals surface area contributed by atoms with Crippen LogP contribution in [0.5, 0.6) is 0 Å². The lowest BCUT2D eigenvalue weighted by atomic mass is 9.97. The molecule has 2 fully saturated rings. The van der Waals surface area contributed by atoms with Gasteiger partial charge in [0.2, 0.25) is 0 Å². The molecule has 0 spiro atoms. The largest absolute Gasteiger partial charge is 0.385 e. The van der Waals surface area contributed by atoms with E-state index in [9.17, 15) is 9.90 Å². The number of rotatable bonds is 7. The molecular formula is C23H31ClN2O3. The highest BCUT2D eigenvalue weighted by Crippen LogP contribution is 2.31. The van der Waals surface area contributed by atoms with Crippen LogP contribution in [0.2, 0.25) is 5.02 Å². The molecule has 1 amide bonds. The van der Waals surface area contributed by atoms with Crippen molar-refractivity contribution in [2.75, 3.05) is 19.8 Å². The van der Waals surface area contributed by atoms with Gasteiger partial charge in [-0.1, -0.05) is 56.2 Å². The Hall–Kier alpha value is -1.56. The summed E-state index contributed by atoms with van der Waals surface area (Å²) in [7, 11) is 0. The van der Waals surface area contributed by atoms with Crippen LogP contribution in [0, 0.1) is 5.92 Å². The maximum Gasteiger partial charge on any atom is 0.253 e. The number of carbonyl (C=O) groups is 1. The molecule has 0 atom stereocenters. The van der Waals surface area contributed by atoms with Gasteiger partial charge >= 0.3 is 0 Å². The fraction of sp³-hybridized carbons (Fsp3) is 0.609. The second-order valence-corrected chi connectivity index (χ2v) is 9.15. The molecule has 6 heteroatoms. The van der Waals surface area contributed by atoms with Gasteiger partial charge in [0.1, 0.15) is 5.60 Å². The van der Waals surface area contributed by atoms with Gasteiger partial charge in [-0.15, -0.1) is 0 Å². The summed E-state index contributed by atoms with van der Waals surface area (Å²) in [5, 5.41) is 14.8. The van der Waals surface area contributed by atoms with E-state index >= 15 is 0 Å². The van der Waals surface area contributed by atoms with Gasteiger partial charge in [-0.05, 0) is 30.9 Å². The molecule has 1 aromatic heterocycles. The number of aromatic nitrogens is 1. The molecule has 1 saturated heterocycles. The first-order valence-electron chi connectivity index (χ1n) is 10.9. The van der Waals surface area contributed by atoms with Crippen molar-refractivity contribution >= 4 is 28.4 Å². The number of aliphatic hydroxyl groups is 1. The smallest absolute Gasteiger partial charge is 0.253 e. The summed E-state index contributed by atoms with van der Waals surface area (Å²) in [5.41, 5.74) is 0.787. The number of hydrogen-bond acceptors (Lipinski definition) is 3. The van der Waals surface area contributed by atoms with Crippen LogP contribution in [0.4, 0.5) is 0 Å². The number of hydrogen-bond donors (Lipinski definition) is 2. The molecule has 1 aromatic carbocycles. The van der Waals surface area contributed by atoms with E-state index in [1.165, 1.54) is 38.5 Å². The third kappa shape index (κ3) is 4.79. The van der Waals surface area contributed by atoms with E-state index in [1.54, 1.807) is 0 Å². The summed E-state index contributed by atoms with van der Waals surface area (Å²) in [4.78, 5) is 12.9. The monoisotopic (exact) mass is 418 g/mol. The zero-order valence-electron chi connectivity index (χ0n) is 17.0. The summed E-state index contributed by atoms with van der Waals surface area (Å²) < 4.78 is 7.16. The lowest BCUT2D eigenvalue weighted by Gasteiger charge is -2.36. The molecule has 0 unspecified atom stereocenters. The van der Waals surface area contributed by atoms with E-state index in [0.29, 0.717) is 43.3 Å². The first kappa shape index (κ1) is 20.7. The Bertz CT molecular complexity index is 851. The van der Waals surface area contributed by atoms with Crippen LogP contribution in [-0.4, -0.2) is 40.9 Å². The summed E-state index contributed by atoms with van der Waals surface area (Å²) in [6.45, 7) is 2.08.